The lowest BCUT2D eigenvalue weighted by molar-refractivity contribution is -0.125. The standard InChI is InChI=1S/C19H35N5O2.HI/c1-2-21-19(24-12-6-7-15(14-24)13-17(20)25)23-11-10-22-18(26)16-8-4-3-5-9-16;/h15-16H,2-14H2,1H3,(H2,20,25)(H,21,23)(H,22,26);1H. The molecule has 1 aliphatic heterocycles. The number of carbonyl (C=O) groups excluding carboxylic acids is 2. The van der Waals surface area contributed by atoms with Crippen LogP contribution in [0.1, 0.15) is 58.3 Å². The lowest BCUT2D eigenvalue weighted by atomic mass is 9.89. The number of primary amides is 1. The molecule has 2 aliphatic rings. The van der Waals surface area contributed by atoms with E-state index in [0.717, 1.165) is 51.3 Å². The smallest absolute Gasteiger partial charge is 0.223 e. The molecule has 0 aromatic heterocycles. The number of halogens is 1. The summed E-state index contributed by atoms with van der Waals surface area (Å²) in [5.41, 5.74) is 5.35. The minimum absolute atomic E-state index is 0. The number of nitrogens with zero attached hydrogens (tertiary/aromatic N) is 2. The van der Waals surface area contributed by atoms with E-state index in [9.17, 15) is 9.59 Å². The Labute approximate surface area is 180 Å². The lowest BCUT2D eigenvalue weighted by Gasteiger charge is -2.34. The molecule has 1 saturated carbocycles. The van der Waals surface area contributed by atoms with Crippen LogP contribution in [0.25, 0.3) is 0 Å². The van der Waals surface area contributed by atoms with E-state index in [-0.39, 0.29) is 41.7 Å². The molecule has 2 rings (SSSR count). The molecule has 156 valence electrons. The monoisotopic (exact) mass is 493 g/mol. The number of guanidine groups is 1. The van der Waals surface area contributed by atoms with E-state index >= 15 is 0 Å². The Kier molecular flexibility index (Phi) is 11.7. The summed E-state index contributed by atoms with van der Waals surface area (Å²) < 4.78 is 0. The molecule has 2 amide bonds. The SMILES string of the molecule is CCNC(=NCCNC(=O)C1CCCCC1)N1CCCC(CC(N)=O)C1.I. The number of aliphatic imine (C=N–C) groups is 1. The van der Waals surface area contributed by atoms with Gasteiger partial charge < -0.3 is 21.3 Å². The van der Waals surface area contributed by atoms with Crippen molar-refractivity contribution < 1.29 is 9.59 Å². The summed E-state index contributed by atoms with van der Waals surface area (Å²) in [7, 11) is 0. The van der Waals surface area contributed by atoms with Crippen molar-refractivity contribution in [3.05, 3.63) is 0 Å². The molecule has 8 heteroatoms. The van der Waals surface area contributed by atoms with Gasteiger partial charge in [0.25, 0.3) is 0 Å². The molecular weight excluding hydrogens is 457 g/mol. The number of rotatable bonds is 7. The normalized spacial score (nSPS) is 21.3. The Morgan fingerprint density at radius 1 is 1.11 bits per heavy atom. The summed E-state index contributed by atoms with van der Waals surface area (Å²) >= 11 is 0. The van der Waals surface area contributed by atoms with Crippen LogP contribution in [0, 0.1) is 11.8 Å². The molecule has 1 heterocycles. The predicted molar refractivity (Wildman–Crippen MR) is 119 cm³/mol. The van der Waals surface area contributed by atoms with E-state index in [1.54, 1.807) is 0 Å². The van der Waals surface area contributed by atoms with Gasteiger partial charge in [0.05, 0.1) is 6.54 Å². The highest BCUT2D eigenvalue weighted by atomic mass is 127. The number of amides is 2. The topological polar surface area (TPSA) is 99.8 Å². The minimum atomic E-state index is -0.232. The van der Waals surface area contributed by atoms with Gasteiger partial charge in [0.1, 0.15) is 0 Å². The largest absolute Gasteiger partial charge is 0.370 e. The molecule has 4 N–H and O–H groups in total. The maximum absolute atomic E-state index is 12.2. The molecule has 7 nitrogen and oxygen atoms in total. The van der Waals surface area contributed by atoms with Crippen LogP contribution in [-0.2, 0) is 9.59 Å². The minimum Gasteiger partial charge on any atom is -0.370 e. The van der Waals surface area contributed by atoms with Crippen molar-refractivity contribution in [2.45, 2.75) is 58.3 Å². The van der Waals surface area contributed by atoms with Gasteiger partial charge in [-0.05, 0) is 38.5 Å². The summed E-state index contributed by atoms with van der Waals surface area (Å²) in [6.45, 7) is 5.73. The Balaban J connectivity index is 0.00000364. The molecule has 1 unspecified atom stereocenters. The fourth-order valence-electron chi connectivity index (χ4n) is 3.98. The van der Waals surface area contributed by atoms with Crippen LogP contribution in [0.5, 0.6) is 0 Å². The first kappa shape index (κ1) is 24.0. The number of piperidine rings is 1. The van der Waals surface area contributed by atoms with Crippen LogP contribution in [0.4, 0.5) is 0 Å². The van der Waals surface area contributed by atoms with Crippen molar-refractivity contribution in [3.63, 3.8) is 0 Å². The third-order valence-corrected chi connectivity index (χ3v) is 5.29. The van der Waals surface area contributed by atoms with Crippen LogP contribution in [0.3, 0.4) is 0 Å². The molecule has 0 aromatic rings. The Morgan fingerprint density at radius 3 is 2.52 bits per heavy atom. The summed E-state index contributed by atoms with van der Waals surface area (Å²) in [5, 5.41) is 6.36. The van der Waals surface area contributed by atoms with Crippen LogP contribution in [0.2, 0.25) is 0 Å². The van der Waals surface area contributed by atoms with E-state index < -0.39 is 0 Å². The average Bonchev–Trinajstić information content (AvgIpc) is 2.64. The van der Waals surface area contributed by atoms with Gasteiger partial charge in [0.2, 0.25) is 11.8 Å². The van der Waals surface area contributed by atoms with Gasteiger partial charge in [-0.1, -0.05) is 19.3 Å². The molecule has 0 spiro atoms. The molecule has 27 heavy (non-hydrogen) atoms. The van der Waals surface area contributed by atoms with E-state index in [4.69, 9.17) is 5.73 Å². The van der Waals surface area contributed by atoms with Gasteiger partial charge in [0, 0.05) is 38.5 Å². The highest BCUT2D eigenvalue weighted by molar-refractivity contribution is 14.0. The predicted octanol–water partition coefficient (Wildman–Crippen LogP) is 1.85. The molecule has 0 radical (unpaired) electrons. The molecule has 0 aromatic carbocycles. The second-order valence-electron chi connectivity index (χ2n) is 7.49. The number of hydrogen-bond acceptors (Lipinski definition) is 3. The van der Waals surface area contributed by atoms with E-state index in [1.165, 1.54) is 19.3 Å². The molecular formula is C19H36IN5O2. The van der Waals surface area contributed by atoms with Crippen LogP contribution >= 0.6 is 24.0 Å². The zero-order valence-electron chi connectivity index (χ0n) is 16.5. The van der Waals surface area contributed by atoms with Gasteiger partial charge in [0.15, 0.2) is 5.96 Å². The molecule has 0 bridgehead atoms. The summed E-state index contributed by atoms with van der Waals surface area (Å²) in [6, 6.07) is 0. The molecule has 1 saturated heterocycles. The van der Waals surface area contributed by atoms with Crippen molar-refractivity contribution in [1.29, 1.82) is 0 Å². The van der Waals surface area contributed by atoms with Crippen molar-refractivity contribution in [2.24, 2.45) is 22.6 Å². The highest BCUT2D eigenvalue weighted by Gasteiger charge is 2.24. The first-order chi connectivity index (χ1) is 12.6. The van der Waals surface area contributed by atoms with Crippen molar-refractivity contribution >= 4 is 41.8 Å². The van der Waals surface area contributed by atoms with E-state index in [1.807, 2.05) is 6.92 Å². The second-order valence-corrected chi connectivity index (χ2v) is 7.49. The average molecular weight is 493 g/mol. The number of nitrogens with two attached hydrogens (primary N) is 1. The molecule has 2 fully saturated rings. The van der Waals surface area contributed by atoms with Gasteiger partial charge in [-0.3, -0.25) is 14.6 Å². The van der Waals surface area contributed by atoms with Crippen molar-refractivity contribution in [3.8, 4) is 0 Å². The third kappa shape index (κ3) is 8.66. The Morgan fingerprint density at radius 2 is 1.85 bits per heavy atom. The Bertz CT molecular complexity index is 494. The van der Waals surface area contributed by atoms with Crippen LogP contribution in [0.15, 0.2) is 4.99 Å². The van der Waals surface area contributed by atoms with Crippen LogP contribution in [-0.4, -0.2) is 55.4 Å². The quantitative estimate of drug-likeness (QED) is 0.218. The second kappa shape index (κ2) is 13.2. The van der Waals surface area contributed by atoms with Crippen molar-refractivity contribution in [1.82, 2.24) is 15.5 Å². The fraction of sp³-hybridized carbons (Fsp3) is 0.842. The summed E-state index contributed by atoms with van der Waals surface area (Å²) in [5.74, 6) is 1.32. The van der Waals surface area contributed by atoms with Crippen molar-refractivity contribution in [2.75, 3.05) is 32.7 Å². The zero-order valence-corrected chi connectivity index (χ0v) is 18.9. The summed E-state index contributed by atoms with van der Waals surface area (Å²) in [6.07, 6.45) is 8.15. The first-order valence-corrected chi connectivity index (χ1v) is 10.2. The number of hydrogen-bond donors (Lipinski definition) is 3. The van der Waals surface area contributed by atoms with Gasteiger partial charge in [-0.15, -0.1) is 24.0 Å². The maximum Gasteiger partial charge on any atom is 0.223 e. The maximum atomic E-state index is 12.2. The van der Waals surface area contributed by atoms with Gasteiger partial charge >= 0.3 is 0 Å². The van der Waals surface area contributed by atoms with E-state index in [2.05, 4.69) is 20.5 Å². The summed E-state index contributed by atoms with van der Waals surface area (Å²) in [4.78, 5) is 30.3. The number of carbonyl (C=O) groups is 2. The lowest BCUT2D eigenvalue weighted by Crippen LogP contribution is -2.47. The van der Waals surface area contributed by atoms with Gasteiger partial charge in [-0.25, -0.2) is 0 Å². The molecule has 1 aliphatic carbocycles. The van der Waals surface area contributed by atoms with E-state index in [0.29, 0.717) is 25.4 Å². The number of nitrogens with one attached hydrogen (secondary N) is 2. The Hall–Kier alpha value is -1.06. The zero-order chi connectivity index (χ0) is 18.8. The fourth-order valence-corrected chi connectivity index (χ4v) is 3.98. The highest BCUT2D eigenvalue weighted by Crippen LogP contribution is 2.23. The third-order valence-electron chi connectivity index (χ3n) is 5.29. The van der Waals surface area contributed by atoms with Gasteiger partial charge in [-0.2, -0.15) is 0 Å². The first-order valence-electron chi connectivity index (χ1n) is 10.2. The molecule has 1 atom stereocenters. The van der Waals surface area contributed by atoms with Crippen LogP contribution < -0.4 is 16.4 Å². The number of likely N-dealkylation sites (tertiary alicyclic amines) is 1.